The normalized spacial score (nSPS) is 27.4. The summed E-state index contributed by atoms with van der Waals surface area (Å²) < 4.78 is 36.0. The molecule has 170 valence electrons. The van der Waals surface area contributed by atoms with Gasteiger partial charge in [0.15, 0.2) is 0 Å². The minimum Gasteiger partial charge on any atom is -0.368 e. The number of H-pyrrole nitrogens is 1. The first-order valence-electron chi connectivity index (χ1n) is 12.8. The predicted octanol–water partition coefficient (Wildman–Crippen LogP) is 2.22. The number of halogens is 1. The van der Waals surface area contributed by atoms with Crippen LogP contribution in [0.15, 0.2) is 29.1 Å². The van der Waals surface area contributed by atoms with Crippen LogP contribution in [0, 0.1) is 5.95 Å². The molecule has 2 bridgehead atoms. The van der Waals surface area contributed by atoms with Crippen LogP contribution in [-0.4, -0.2) is 59.5 Å². The largest absolute Gasteiger partial charge is 0.368 e. The van der Waals surface area contributed by atoms with Crippen LogP contribution >= 0.6 is 0 Å². The summed E-state index contributed by atoms with van der Waals surface area (Å²) in [7, 11) is 0. The van der Waals surface area contributed by atoms with Gasteiger partial charge in [0, 0.05) is 59.5 Å². The van der Waals surface area contributed by atoms with E-state index in [0.29, 0.717) is 30.9 Å². The lowest BCUT2D eigenvalue weighted by Gasteiger charge is -2.40. The third-order valence-corrected chi connectivity index (χ3v) is 7.60. The van der Waals surface area contributed by atoms with Gasteiger partial charge in [-0.15, -0.1) is 0 Å². The summed E-state index contributed by atoms with van der Waals surface area (Å²) in [4.78, 5) is 35.6. The lowest BCUT2D eigenvalue weighted by atomic mass is 9.68. The molecule has 32 heavy (non-hydrogen) atoms. The van der Waals surface area contributed by atoms with Crippen LogP contribution in [0.5, 0.6) is 0 Å². The highest BCUT2D eigenvalue weighted by molar-refractivity contribution is 5.92. The first-order valence-corrected chi connectivity index (χ1v) is 11.3. The van der Waals surface area contributed by atoms with Gasteiger partial charge in [0.25, 0.3) is 11.5 Å². The van der Waals surface area contributed by atoms with E-state index in [2.05, 4.69) is 20.9 Å². The molecule has 4 aliphatic rings. The minimum atomic E-state index is -2.65. The molecule has 4 fully saturated rings. The average Bonchev–Trinajstić information content (AvgIpc) is 3.35. The lowest BCUT2D eigenvalue weighted by molar-refractivity contribution is 0.0957. The Morgan fingerprint density at radius 2 is 2.06 bits per heavy atom. The molecule has 8 heteroatoms. The molecule has 0 radical (unpaired) electrons. The van der Waals surface area contributed by atoms with E-state index >= 15 is 0 Å². The molecule has 7 nitrogen and oxygen atoms in total. The second-order valence-corrected chi connectivity index (χ2v) is 9.27. The Morgan fingerprint density at radius 1 is 1.28 bits per heavy atom. The van der Waals surface area contributed by atoms with Crippen LogP contribution < -0.4 is 15.8 Å². The number of aryl methyl sites for hydroxylation is 1. The summed E-state index contributed by atoms with van der Waals surface area (Å²) in [6.45, 7) is 1.61. The maximum absolute atomic E-state index is 14.7. The number of anilines is 1. The number of aromatic nitrogens is 2. The summed E-state index contributed by atoms with van der Waals surface area (Å²) in [5.74, 6) is -1.70. The van der Waals surface area contributed by atoms with Crippen molar-refractivity contribution in [2.75, 3.05) is 31.5 Å². The van der Waals surface area contributed by atoms with Crippen molar-refractivity contribution in [1.29, 1.82) is 0 Å². The summed E-state index contributed by atoms with van der Waals surface area (Å²) in [6.07, 6.45) is 4.63. The van der Waals surface area contributed by atoms with Crippen molar-refractivity contribution in [2.24, 2.45) is 0 Å². The van der Waals surface area contributed by atoms with E-state index in [0.717, 1.165) is 49.9 Å². The standard InChI is InChI=1S/C24H30FN5O2/c1-3-15-4-7-20(28-22(15)31)24-12-17(13-24)30(14-24)16-8-10-29(11-9-16)19-6-5-18(23(32)26-2)27-21(19)25/h4-7,16-17H,3,8-14H2,1-2H3,(H,26,32)(H,28,31)/i2D3. The molecular formula is C24H30FN5O2. The number of hydrogen-bond acceptors (Lipinski definition) is 5. The fourth-order valence-electron chi connectivity index (χ4n) is 5.80. The van der Waals surface area contributed by atoms with Crippen molar-refractivity contribution in [2.45, 2.75) is 56.5 Å². The van der Waals surface area contributed by atoms with Crippen molar-refractivity contribution >= 4 is 11.6 Å². The van der Waals surface area contributed by atoms with Gasteiger partial charge in [-0.2, -0.15) is 4.39 Å². The maximum atomic E-state index is 14.7. The Hall–Kier alpha value is -2.74. The number of nitrogens with zero attached hydrogens (tertiary/aromatic N) is 3. The van der Waals surface area contributed by atoms with Gasteiger partial charge in [-0.1, -0.05) is 13.0 Å². The van der Waals surface area contributed by atoms with Crippen LogP contribution in [-0.2, 0) is 11.8 Å². The van der Waals surface area contributed by atoms with E-state index in [1.807, 2.05) is 23.2 Å². The van der Waals surface area contributed by atoms with Crippen LogP contribution in [0.25, 0.3) is 0 Å². The van der Waals surface area contributed by atoms with Gasteiger partial charge < -0.3 is 15.2 Å². The molecule has 1 aliphatic carbocycles. The van der Waals surface area contributed by atoms with Crippen LogP contribution in [0.4, 0.5) is 10.1 Å². The van der Waals surface area contributed by atoms with Gasteiger partial charge in [-0.3, -0.25) is 14.5 Å². The zero-order valence-electron chi connectivity index (χ0n) is 21.2. The Labute approximate surface area is 191 Å². The zero-order chi connectivity index (χ0) is 25.0. The number of amides is 1. The average molecular weight is 443 g/mol. The van der Waals surface area contributed by atoms with Crippen LogP contribution in [0.2, 0.25) is 0 Å². The Kier molecular flexibility index (Phi) is 4.44. The van der Waals surface area contributed by atoms with Crippen LogP contribution in [0.1, 0.15) is 58.5 Å². The molecule has 1 saturated carbocycles. The fourth-order valence-corrected chi connectivity index (χ4v) is 5.80. The smallest absolute Gasteiger partial charge is 0.269 e. The van der Waals surface area contributed by atoms with Gasteiger partial charge >= 0.3 is 0 Å². The van der Waals surface area contributed by atoms with E-state index in [9.17, 15) is 14.0 Å². The molecule has 2 aromatic rings. The molecular weight excluding hydrogens is 409 g/mol. The zero-order valence-corrected chi connectivity index (χ0v) is 18.2. The fraction of sp³-hybridized carbons (Fsp3) is 0.542. The highest BCUT2D eigenvalue weighted by Crippen LogP contribution is 2.54. The topological polar surface area (TPSA) is 81.3 Å². The van der Waals surface area contributed by atoms with Crippen molar-refractivity contribution in [3.63, 3.8) is 0 Å². The molecule has 2 N–H and O–H groups in total. The van der Waals surface area contributed by atoms with Gasteiger partial charge in [-0.25, -0.2) is 4.98 Å². The molecule has 1 amide bonds. The highest BCUT2D eigenvalue weighted by atomic mass is 19.1. The van der Waals surface area contributed by atoms with Crippen molar-refractivity contribution in [3.05, 3.63) is 57.5 Å². The molecule has 5 heterocycles. The van der Waals surface area contributed by atoms with Gasteiger partial charge in [0.2, 0.25) is 5.95 Å². The van der Waals surface area contributed by atoms with Gasteiger partial charge in [-0.05, 0) is 50.3 Å². The maximum Gasteiger partial charge on any atom is 0.269 e. The van der Waals surface area contributed by atoms with E-state index < -0.39 is 18.8 Å². The van der Waals surface area contributed by atoms with E-state index in [4.69, 9.17) is 4.11 Å². The molecule has 0 unspecified atom stereocenters. The number of hydrogen-bond donors (Lipinski definition) is 2. The number of carbonyl (C=O) groups is 1. The van der Waals surface area contributed by atoms with Crippen LogP contribution in [0.3, 0.4) is 0 Å². The molecule has 6 rings (SSSR count). The quantitative estimate of drug-likeness (QED) is 0.694. The van der Waals surface area contributed by atoms with Gasteiger partial charge in [0.1, 0.15) is 5.69 Å². The molecule has 3 saturated heterocycles. The van der Waals surface area contributed by atoms with Crippen molar-refractivity contribution < 1.29 is 13.3 Å². The van der Waals surface area contributed by atoms with E-state index in [-0.39, 0.29) is 16.7 Å². The predicted molar refractivity (Wildman–Crippen MR) is 121 cm³/mol. The number of carbonyl (C=O) groups excluding carboxylic acids is 1. The first kappa shape index (κ1) is 17.8. The Morgan fingerprint density at radius 3 is 2.72 bits per heavy atom. The van der Waals surface area contributed by atoms with Crippen molar-refractivity contribution in [3.8, 4) is 0 Å². The second kappa shape index (κ2) is 7.99. The number of piperidine rings is 1. The summed E-state index contributed by atoms with van der Waals surface area (Å²) in [6, 6.07) is 7.82. The third-order valence-electron chi connectivity index (χ3n) is 7.60. The molecule has 2 aromatic heterocycles. The SMILES string of the molecule is [2H]C([2H])([2H])NC(=O)c1ccc(N2CCC(N3CC4(c5ccc(CC)c(=O)[nH]5)CC3C4)CC2)c(F)n1. The highest BCUT2D eigenvalue weighted by Gasteiger charge is 2.57. The number of fused-ring (bicyclic) bond motifs is 1. The number of nitrogens with one attached hydrogen (secondary N) is 2. The number of rotatable bonds is 5. The Bertz CT molecular complexity index is 1190. The summed E-state index contributed by atoms with van der Waals surface area (Å²) in [5, 5.41) is 1.82. The third kappa shape index (κ3) is 3.41. The van der Waals surface area contributed by atoms with Gasteiger partial charge in [0.05, 0.1) is 5.69 Å². The minimum absolute atomic E-state index is 0.0205. The molecule has 3 aliphatic heterocycles. The monoisotopic (exact) mass is 442 g/mol. The lowest BCUT2D eigenvalue weighted by Crippen LogP contribution is -2.46. The molecule has 0 atom stereocenters. The second-order valence-electron chi connectivity index (χ2n) is 9.27. The van der Waals surface area contributed by atoms with E-state index in [1.165, 1.54) is 12.1 Å². The number of aromatic amines is 1. The summed E-state index contributed by atoms with van der Waals surface area (Å²) >= 11 is 0. The Balaban J connectivity index is 1.21. The first-order chi connectivity index (χ1) is 16.6. The molecule has 0 spiro atoms. The summed E-state index contributed by atoms with van der Waals surface area (Å²) in [5.41, 5.74) is 1.98. The van der Waals surface area contributed by atoms with Crippen molar-refractivity contribution in [1.82, 2.24) is 20.2 Å². The number of pyridine rings is 2. The van der Waals surface area contributed by atoms with E-state index in [1.54, 1.807) is 0 Å². The molecule has 0 aromatic carbocycles.